The number of fused-ring (bicyclic) bond motifs is 1. The zero-order valence-corrected chi connectivity index (χ0v) is 18.7. The fourth-order valence-electron chi connectivity index (χ4n) is 4.21. The van der Waals surface area contributed by atoms with Gasteiger partial charge in [0.1, 0.15) is 23.2 Å². The van der Waals surface area contributed by atoms with Gasteiger partial charge in [0.25, 0.3) is 0 Å². The van der Waals surface area contributed by atoms with E-state index in [4.69, 9.17) is 18.9 Å². The van der Waals surface area contributed by atoms with Gasteiger partial charge >= 0.3 is 19.2 Å². The van der Waals surface area contributed by atoms with E-state index in [9.17, 15) is 19.4 Å². The summed E-state index contributed by atoms with van der Waals surface area (Å²) in [6.45, 7) is 3.36. The summed E-state index contributed by atoms with van der Waals surface area (Å²) in [4.78, 5) is 36.6. The number of ketones is 1. The highest BCUT2D eigenvalue weighted by atomic mass is 16.8. The summed E-state index contributed by atoms with van der Waals surface area (Å²) in [6.07, 6.45) is 4.46. The Kier molecular flexibility index (Phi) is 8.56. The van der Waals surface area contributed by atoms with Crippen LogP contribution in [0.25, 0.3) is 0 Å². The van der Waals surface area contributed by atoms with Crippen molar-refractivity contribution in [2.24, 2.45) is 0 Å². The molecule has 1 heterocycles. The summed E-state index contributed by atoms with van der Waals surface area (Å²) in [5.74, 6) is -0.816. The molecule has 1 aliphatic heterocycles. The zero-order chi connectivity index (χ0) is 23.1. The van der Waals surface area contributed by atoms with Gasteiger partial charge in [-0.2, -0.15) is 0 Å². The molecule has 1 fully saturated rings. The van der Waals surface area contributed by atoms with E-state index < -0.39 is 25.5 Å². The lowest BCUT2D eigenvalue weighted by Gasteiger charge is -2.28. The molecule has 1 aromatic rings. The van der Waals surface area contributed by atoms with Crippen molar-refractivity contribution in [3.05, 3.63) is 29.3 Å². The summed E-state index contributed by atoms with van der Waals surface area (Å²) in [6, 6.07) is 4.99. The smallest absolute Gasteiger partial charge is 0.526 e. The Morgan fingerprint density at radius 1 is 1.19 bits per heavy atom. The number of benzene rings is 1. The normalized spacial score (nSPS) is 19.3. The third kappa shape index (κ3) is 6.48. The lowest BCUT2D eigenvalue weighted by molar-refractivity contribution is -0.119. The highest BCUT2D eigenvalue weighted by molar-refractivity contribution is 6.47. The van der Waals surface area contributed by atoms with E-state index in [1.165, 1.54) is 13.0 Å². The quantitative estimate of drug-likeness (QED) is 0.359. The SMILES string of the molecule is CCCC(=O)C[C@H]1Cc2cccc(C(=O)OC(C)OC(=O)OC3CCCCC3)c2OB1O. The van der Waals surface area contributed by atoms with Gasteiger partial charge < -0.3 is 23.9 Å². The van der Waals surface area contributed by atoms with Gasteiger partial charge in [0.05, 0.1) is 0 Å². The highest BCUT2D eigenvalue weighted by Gasteiger charge is 2.38. The monoisotopic (exact) mass is 446 g/mol. The summed E-state index contributed by atoms with van der Waals surface area (Å²) in [5, 5.41) is 10.4. The van der Waals surface area contributed by atoms with Crippen molar-refractivity contribution in [3.63, 3.8) is 0 Å². The topological polar surface area (TPSA) is 108 Å². The Bertz CT molecular complexity index is 820. The first-order valence-corrected chi connectivity index (χ1v) is 11.4. The third-order valence-corrected chi connectivity index (χ3v) is 5.81. The van der Waals surface area contributed by atoms with E-state index in [0.29, 0.717) is 18.4 Å². The second kappa shape index (κ2) is 11.4. The van der Waals surface area contributed by atoms with Crippen LogP contribution in [0, 0.1) is 0 Å². The molecule has 9 heteroatoms. The predicted octanol–water partition coefficient (Wildman–Crippen LogP) is 4.22. The van der Waals surface area contributed by atoms with Crippen LogP contribution >= 0.6 is 0 Å². The maximum Gasteiger partial charge on any atom is 0.526 e. The molecule has 1 saturated carbocycles. The number of esters is 1. The van der Waals surface area contributed by atoms with E-state index in [2.05, 4.69) is 0 Å². The van der Waals surface area contributed by atoms with E-state index in [1.807, 2.05) is 6.92 Å². The molecule has 1 aromatic carbocycles. The third-order valence-electron chi connectivity index (χ3n) is 5.81. The molecule has 1 N–H and O–H groups in total. The molecule has 174 valence electrons. The molecule has 0 spiro atoms. The number of hydrogen-bond acceptors (Lipinski definition) is 8. The Morgan fingerprint density at radius 2 is 1.94 bits per heavy atom. The van der Waals surface area contributed by atoms with Crippen LogP contribution in [-0.2, 0) is 25.4 Å². The summed E-state index contributed by atoms with van der Waals surface area (Å²) in [5.41, 5.74) is 0.834. The summed E-state index contributed by atoms with van der Waals surface area (Å²) >= 11 is 0. The molecular weight excluding hydrogens is 415 g/mol. The van der Waals surface area contributed by atoms with Crippen molar-refractivity contribution >= 4 is 25.0 Å². The maximum absolute atomic E-state index is 12.7. The van der Waals surface area contributed by atoms with Gasteiger partial charge in [0.15, 0.2) is 0 Å². The Hall–Kier alpha value is -2.55. The van der Waals surface area contributed by atoms with Crippen LogP contribution in [0.5, 0.6) is 5.75 Å². The number of Topliss-reactive ketones (excluding diaryl/α,β-unsaturated/α-hetero) is 1. The number of para-hydroxylation sites is 1. The maximum atomic E-state index is 12.7. The number of carbonyl (C=O) groups is 3. The van der Waals surface area contributed by atoms with Gasteiger partial charge in [-0.1, -0.05) is 25.5 Å². The van der Waals surface area contributed by atoms with Crippen LogP contribution in [-0.4, -0.2) is 42.4 Å². The molecule has 0 radical (unpaired) electrons. The molecule has 0 amide bonds. The molecule has 0 aromatic heterocycles. The molecule has 2 aliphatic rings. The zero-order valence-electron chi connectivity index (χ0n) is 18.7. The van der Waals surface area contributed by atoms with Gasteiger partial charge in [-0.05, 0) is 50.2 Å². The predicted molar refractivity (Wildman–Crippen MR) is 116 cm³/mol. The van der Waals surface area contributed by atoms with E-state index in [1.54, 1.807) is 12.1 Å². The number of rotatable bonds is 8. The Morgan fingerprint density at radius 3 is 2.66 bits per heavy atom. The van der Waals surface area contributed by atoms with Crippen molar-refractivity contribution in [1.29, 1.82) is 0 Å². The first-order valence-electron chi connectivity index (χ1n) is 11.4. The van der Waals surface area contributed by atoms with E-state index in [0.717, 1.165) is 38.5 Å². The molecular formula is C23H31BO8. The average molecular weight is 446 g/mol. The van der Waals surface area contributed by atoms with Crippen molar-refractivity contribution in [1.82, 2.24) is 0 Å². The molecule has 1 unspecified atom stereocenters. The summed E-state index contributed by atoms with van der Waals surface area (Å²) in [7, 11) is -1.20. The minimum atomic E-state index is -1.20. The lowest BCUT2D eigenvalue weighted by atomic mass is 9.64. The van der Waals surface area contributed by atoms with E-state index in [-0.39, 0.29) is 35.4 Å². The van der Waals surface area contributed by atoms with Crippen LogP contribution in [0.4, 0.5) is 4.79 Å². The van der Waals surface area contributed by atoms with Crippen LogP contribution < -0.4 is 4.65 Å². The molecule has 8 nitrogen and oxygen atoms in total. The molecule has 2 atom stereocenters. The van der Waals surface area contributed by atoms with Crippen LogP contribution in [0.3, 0.4) is 0 Å². The minimum Gasteiger partial charge on any atom is -0.535 e. The van der Waals surface area contributed by atoms with Gasteiger partial charge in [0.2, 0.25) is 6.29 Å². The molecule has 0 saturated heterocycles. The number of hydrogen-bond donors (Lipinski definition) is 1. The van der Waals surface area contributed by atoms with Crippen molar-refractivity contribution in [2.75, 3.05) is 0 Å². The first kappa shape index (κ1) is 24.1. The summed E-state index contributed by atoms with van der Waals surface area (Å²) < 4.78 is 21.2. The van der Waals surface area contributed by atoms with Gasteiger partial charge in [0, 0.05) is 25.6 Å². The molecule has 1 aliphatic carbocycles. The van der Waals surface area contributed by atoms with Gasteiger partial charge in [-0.25, -0.2) is 9.59 Å². The molecule has 0 bridgehead atoms. The Labute approximate surface area is 188 Å². The number of carbonyl (C=O) groups excluding carboxylic acids is 3. The largest absolute Gasteiger partial charge is 0.535 e. The van der Waals surface area contributed by atoms with Crippen molar-refractivity contribution in [3.8, 4) is 5.75 Å². The Balaban J connectivity index is 1.58. The first-order chi connectivity index (χ1) is 15.4. The number of ether oxygens (including phenoxy) is 3. The van der Waals surface area contributed by atoms with Crippen LogP contribution in [0.15, 0.2) is 18.2 Å². The lowest BCUT2D eigenvalue weighted by Crippen LogP contribution is -2.36. The average Bonchev–Trinajstić information content (AvgIpc) is 2.74. The van der Waals surface area contributed by atoms with Crippen molar-refractivity contribution in [2.45, 2.75) is 89.8 Å². The van der Waals surface area contributed by atoms with E-state index >= 15 is 0 Å². The fraction of sp³-hybridized carbons (Fsp3) is 0.609. The van der Waals surface area contributed by atoms with Crippen LogP contribution in [0.2, 0.25) is 5.82 Å². The molecule has 3 rings (SSSR count). The second-order valence-electron chi connectivity index (χ2n) is 8.48. The fourth-order valence-corrected chi connectivity index (χ4v) is 4.21. The minimum absolute atomic E-state index is 0.0743. The van der Waals surface area contributed by atoms with Crippen LogP contribution in [0.1, 0.15) is 81.1 Å². The van der Waals surface area contributed by atoms with Crippen molar-refractivity contribution < 1.29 is 38.3 Å². The second-order valence-corrected chi connectivity index (χ2v) is 8.48. The standard InChI is InChI=1S/C23H31BO8/c1-3-8-18(25)14-17-13-16-9-7-12-20(21(16)32-24(17)28)22(26)29-15(2)30-23(27)31-19-10-5-4-6-11-19/h7,9,12,15,17,19,28H,3-6,8,10-11,13-14H2,1-2H3/t15?,17-/m1/s1. The van der Waals surface area contributed by atoms with Gasteiger partial charge in [-0.15, -0.1) is 0 Å². The highest BCUT2D eigenvalue weighted by Crippen LogP contribution is 2.37. The van der Waals surface area contributed by atoms with Gasteiger partial charge in [-0.3, -0.25) is 4.79 Å². The molecule has 32 heavy (non-hydrogen) atoms.